The van der Waals surface area contributed by atoms with E-state index in [0.29, 0.717) is 0 Å². The van der Waals surface area contributed by atoms with E-state index in [2.05, 4.69) is 0 Å². The van der Waals surface area contributed by atoms with Crippen LogP contribution < -0.4 is 0 Å². The molecule has 0 aromatic rings. The van der Waals surface area contributed by atoms with Crippen LogP contribution in [0.3, 0.4) is 0 Å². The van der Waals surface area contributed by atoms with E-state index < -0.39 is 0 Å². The molecule has 0 aliphatic heterocycles. The predicted octanol–water partition coefficient (Wildman–Crippen LogP) is -1.03. The zero-order valence-corrected chi connectivity index (χ0v) is 4.40. The molecule has 0 rings (SSSR count). The maximum absolute atomic E-state index is 7.62. The Labute approximate surface area is 43.6 Å². The van der Waals surface area contributed by atoms with Crippen LogP contribution in [0.5, 0.6) is 0 Å². The zero-order valence-electron chi connectivity index (χ0n) is 2.66. The molecule has 0 bridgehead atoms. The van der Waals surface area contributed by atoms with Crippen molar-refractivity contribution in [2.24, 2.45) is 0 Å². The summed E-state index contributed by atoms with van der Waals surface area (Å²) in [4.78, 5) is 0. The van der Waals surface area contributed by atoms with Crippen LogP contribution in [0.4, 0.5) is 0 Å². The maximum Gasteiger partial charge on any atom is 0.0662 e. The van der Waals surface area contributed by atoms with E-state index in [-0.39, 0.29) is 32.7 Å². The van der Waals surface area contributed by atoms with Crippen molar-refractivity contribution in [1.82, 2.24) is 0 Å². The summed E-state index contributed by atoms with van der Waals surface area (Å²) in [6.45, 7) is -0.250. The molecule has 0 aromatic carbocycles. The molecule has 2 N–H and O–H groups in total. The van der Waals surface area contributed by atoms with Gasteiger partial charge in [-0.1, -0.05) is 0 Å². The van der Waals surface area contributed by atoms with Crippen molar-refractivity contribution in [1.29, 1.82) is 0 Å². The summed E-state index contributed by atoms with van der Waals surface area (Å²) in [5.41, 5.74) is 0. The van der Waals surface area contributed by atoms with Gasteiger partial charge in [-0.05, 0) is 0 Å². The Balaban J connectivity index is 0. The van der Waals surface area contributed by atoms with Crippen molar-refractivity contribution in [3.63, 3.8) is 0 Å². The van der Waals surface area contributed by atoms with E-state index in [4.69, 9.17) is 10.2 Å². The minimum Gasteiger partial charge on any atom is -0.394 e. The SMILES string of the molecule is OCCO.[Ru]. The Bertz CT molecular complexity index is 9.61. The number of hydrogen-bond donors (Lipinski definition) is 2. The van der Waals surface area contributed by atoms with E-state index in [1.807, 2.05) is 0 Å². The van der Waals surface area contributed by atoms with Crippen LogP contribution in [0.25, 0.3) is 0 Å². The van der Waals surface area contributed by atoms with Crippen LogP contribution in [0.1, 0.15) is 0 Å². The van der Waals surface area contributed by atoms with Gasteiger partial charge in [-0.3, -0.25) is 0 Å². The molecule has 34 valence electrons. The molecule has 0 heterocycles. The average Bonchev–Trinajstić information content (AvgIpc) is 1.37. The Hall–Kier alpha value is 0.543. The smallest absolute Gasteiger partial charge is 0.0662 e. The van der Waals surface area contributed by atoms with Crippen LogP contribution in [-0.4, -0.2) is 23.4 Å². The minimum atomic E-state index is -0.125. The first-order valence-corrected chi connectivity index (χ1v) is 1.13. The summed E-state index contributed by atoms with van der Waals surface area (Å²) in [6, 6.07) is 0. The molecule has 0 unspecified atom stereocenters. The summed E-state index contributed by atoms with van der Waals surface area (Å²) in [5.74, 6) is 0. The van der Waals surface area contributed by atoms with Gasteiger partial charge in [0, 0.05) is 19.5 Å². The fourth-order valence-corrected chi connectivity index (χ4v) is 0. The molecule has 0 fully saturated rings. The first-order valence-electron chi connectivity index (χ1n) is 1.13. The summed E-state index contributed by atoms with van der Waals surface area (Å²) in [6.07, 6.45) is 0. The summed E-state index contributed by atoms with van der Waals surface area (Å²) >= 11 is 0. The molecule has 0 aliphatic rings. The summed E-state index contributed by atoms with van der Waals surface area (Å²) < 4.78 is 0. The third kappa shape index (κ3) is 12.3. The third-order valence-electron chi connectivity index (χ3n) is 0.1000. The van der Waals surface area contributed by atoms with Gasteiger partial charge in [0.1, 0.15) is 0 Å². The normalized spacial score (nSPS) is 6.00. The van der Waals surface area contributed by atoms with E-state index in [1.165, 1.54) is 0 Å². The van der Waals surface area contributed by atoms with Crippen LogP contribution in [0, 0.1) is 0 Å². The molecule has 0 spiro atoms. The average molecular weight is 163 g/mol. The summed E-state index contributed by atoms with van der Waals surface area (Å²) in [5, 5.41) is 15.2. The van der Waals surface area contributed by atoms with Gasteiger partial charge < -0.3 is 10.2 Å². The van der Waals surface area contributed by atoms with E-state index in [0.717, 1.165) is 0 Å². The molecule has 0 aliphatic carbocycles. The molecule has 0 aromatic heterocycles. The number of aliphatic hydroxyl groups is 2. The fourth-order valence-electron chi connectivity index (χ4n) is 0. The Morgan fingerprint density at radius 3 is 1.20 bits per heavy atom. The Kier molecular flexibility index (Phi) is 16.1. The van der Waals surface area contributed by atoms with Gasteiger partial charge in [-0.25, -0.2) is 0 Å². The number of aliphatic hydroxyl groups excluding tert-OH is 2. The van der Waals surface area contributed by atoms with Gasteiger partial charge in [-0.15, -0.1) is 0 Å². The quantitative estimate of drug-likeness (QED) is 0.485. The van der Waals surface area contributed by atoms with Gasteiger partial charge in [0.2, 0.25) is 0 Å². The van der Waals surface area contributed by atoms with Crippen LogP contribution in [0.2, 0.25) is 0 Å². The maximum atomic E-state index is 7.62. The largest absolute Gasteiger partial charge is 0.394 e. The molecule has 0 atom stereocenters. The van der Waals surface area contributed by atoms with Crippen molar-refractivity contribution in [3.8, 4) is 0 Å². The van der Waals surface area contributed by atoms with Crippen LogP contribution >= 0.6 is 0 Å². The minimum absolute atomic E-state index is 0. The molecule has 0 radical (unpaired) electrons. The van der Waals surface area contributed by atoms with Gasteiger partial charge >= 0.3 is 0 Å². The summed E-state index contributed by atoms with van der Waals surface area (Å²) in [7, 11) is 0. The topological polar surface area (TPSA) is 40.5 Å². The number of hydrogen-bond acceptors (Lipinski definition) is 2. The van der Waals surface area contributed by atoms with Crippen LogP contribution in [0.15, 0.2) is 0 Å². The van der Waals surface area contributed by atoms with E-state index >= 15 is 0 Å². The van der Waals surface area contributed by atoms with Crippen molar-refractivity contribution >= 4 is 0 Å². The Morgan fingerprint density at radius 2 is 1.20 bits per heavy atom. The second-order valence-corrected chi connectivity index (χ2v) is 0.447. The third-order valence-corrected chi connectivity index (χ3v) is 0.1000. The van der Waals surface area contributed by atoms with E-state index in [9.17, 15) is 0 Å². The molecular formula is C2H6O2Ru. The van der Waals surface area contributed by atoms with Gasteiger partial charge in [-0.2, -0.15) is 0 Å². The first kappa shape index (κ1) is 9.11. The first-order chi connectivity index (χ1) is 1.91. The second-order valence-electron chi connectivity index (χ2n) is 0.447. The van der Waals surface area contributed by atoms with Crippen molar-refractivity contribution in [3.05, 3.63) is 0 Å². The van der Waals surface area contributed by atoms with E-state index in [1.54, 1.807) is 0 Å². The standard InChI is InChI=1S/C2H6O2.Ru/c3-1-2-4;/h3-4H,1-2H2;. The fraction of sp³-hybridized carbons (Fsp3) is 1.00. The van der Waals surface area contributed by atoms with Gasteiger partial charge in [0.25, 0.3) is 0 Å². The zero-order chi connectivity index (χ0) is 3.41. The van der Waals surface area contributed by atoms with Gasteiger partial charge in [0.15, 0.2) is 0 Å². The monoisotopic (exact) mass is 164 g/mol. The Morgan fingerprint density at radius 1 is 1.00 bits per heavy atom. The predicted molar refractivity (Wildman–Crippen MR) is 14.2 cm³/mol. The van der Waals surface area contributed by atoms with Crippen molar-refractivity contribution < 1.29 is 29.7 Å². The molecule has 3 heteroatoms. The molecule has 0 saturated carbocycles. The van der Waals surface area contributed by atoms with Gasteiger partial charge in [0.05, 0.1) is 13.2 Å². The molecule has 2 nitrogen and oxygen atoms in total. The molecule has 0 amide bonds. The molecule has 0 saturated heterocycles. The molecular weight excluding hydrogens is 157 g/mol. The number of rotatable bonds is 1. The second kappa shape index (κ2) is 8.82. The van der Waals surface area contributed by atoms with Crippen molar-refractivity contribution in [2.45, 2.75) is 0 Å². The molecule has 5 heavy (non-hydrogen) atoms. The van der Waals surface area contributed by atoms with Crippen LogP contribution in [-0.2, 0) is 19.5 Å². The van der Waals surface area contributed by atoms with Crippen molar-refractivity contribution in [2.75, 3.05) is 13.2 Å².